The van der Waals surface area contributed by atoms with E-state index in [0.717, 1.165) is 19.5 Å². The molecular formula is C23H24F3N5O2. The predicted octanol–water partition coefficient (Wildman–Crippen LogP) is 3.70. The number of halogens is 3. The zero-order valence-electron chi connectivity index (χ0n) is 18.0. The second-order valence-corrected chi connectivity index (χ2v) is 7.96. The minimum Gasteiger partial charge on any atom is -0.370 e. The summed E-state index contributed by atoms with van der Waals surface area (Å²) in [4.78, 5) is 20.5. The molecule has 0 bridgehead atoms. The molecule has 0 radical (unpaired) electrons. The normalized spacial score (nSPS) is 16.4. The summed E-state index contributed by atoms with van der Waals surface area (Å²) in [5.41, 5.74) is 1.79. The highest BCUT2D eigenvalue weighted by atomic mass is 19.4. The standard InChI is InChI=1S/C23H24F3N5O2/c1-30(19-10-12-31(15-19)18-8-3-2-4-9-18)13-11-27-21(32)17-7-5-6-16(14-17)20-28-22(33-29-20)23(24,25)26/h2-9,14,19H,10-13,15H2,1H3,(H,27,32). The molecule has 1 saturated heterocycles. The lowest BCUT2D eigenvalue weighted by Gasteiger charge is -2.25. The number of alkyl halides is 3. The lowest BCUT2D eigenvalue weighted by atomic mass is 10.1. The fourth-order valence-electron chi connectivity index (χ4n) is 3.86. The van der Waals surface area contributed by atoms with Crippen molar-refractivity contribution in [3.63, 3.8) is 0 Å². The summed E-state index contributed by atoms with van der Waals surface area (Å²) in [5, 5.41) is 6.23. The van der Waals surface area contributed by atoms with Gasteiger partial charge in [0.05, 0.1) is 0 Å². The van der Waals surface area contributed by atoms with E-state index in [9.17, 15) is 18.0 Å². The van der Waals surface area contributed by atoms with Gasteiger partial charge in [0.1, 0.15) is 0 Å². The molecule has 1 aliphatic rings. The second-order valence-electron chi connectivity index (χ2n) is 7.96. The van der Waals surface area contributed by atoms with Crippen LogP contribution in [0.25, 0.3) is 11.4 Å². The summed E-state index contributed by atoms with van der Waals surface area (Å²) in [6.45, 7) is 3.05. The Balaban J connectivity index is 1.29. The van der Waals surface area contributed by atoms with Crippen molar-refractivity contribution in [2.24, 2.45) is 0 Å². The highest BCUT2D eigenvalue weighted by Gasteiger charge is 2.38. The van der Waals surface area contributed by atoms with Crippen LogP contribution in [0.1, 0.15) is 22.7 Å². The number of hydrogen-bond donors (Lipinski definition) is 1. The van der Waals surface area contributed by atoms with Crippen LogP contribution in [0.4, 0.5) is 18.9 Å². The van der Waals surface area contributed by atoms with Gasteiger partial charge in [-0.25, -0.2) is 0 Å². The van der Waals surface area contributed by atoms with E-state index in [2.05, 4.69) is 41.9 Å². The molecule has 1 N–H and O–H groups in total. The molecule has 7 nitrogen and oxygen atoms in total. The zero-order valence-corrected chi connectivity index (χ0v) is 18.0. The Morgan fingerprint density at radius 2 is 2.00 bits per heavy atom. The topological polar surface area (TPSA) is 74.5 Å². The summed E-state index contributed by atoms with van der Waals surface area (Å²) in [6.07, 6.45) is -3.67. The number of carbonyl (C=O) groups is 1. The number of hydrogen-bond acceptors (Lipinski definition) is 6. The number of benzene rings is 2. The van der Waals surface area contributed by atoms with E-state index < -0.39 is 12.1 Å². The third-order valence-corrected chi connectivity index (χ3v) is 5.71. The van der Waals surface area contributed by atoms with Crippen LogP contribution in [0, 0.1) is 0 Å². The Morgan fingerprint density at radius 3 is 2.73 bits per heavy atom. The van der Waals surface area contributed by atoms with E-state index in [1.807, 2.05) is 25.2 Å². The van der Waals surface area contributed by atoms with Crippen molar-refractivity contribution in [1.29, 1.82) is 0 Å². The minimum absolute atomic E-state index is 0.221. The van der Waals surface area contributed by atoms with Crippen LogP contribution in [0.15, 0.2) is 59.1 Å². The van der Waals surface area contributed by atoms with Gasteiger partial charge in [0.15, 0.2) is 0 Å². The maximum absolute atomic E-state index is 12.7. The van der Waals surface area contributed by atoms with Gasteiger partial charge >= 0.3 is 12.1 Å². The number of anilines is 1. The first kappa shape index (κ1) is 22.8. The highest BCUT2D eigenvalue weighted by molar-refractivity contribution is 5.95. The average Bonchev–Trinajstić information content (AvgIpc) is 3.50. The number of rotatable bonds is 7. The van der Waals surface area contributed by atoms with Gasteiger partial charge in [0, 0.05) is 49.0 Å². The summed E-state index contributed by atoms with van der Waals surface area (Å²) >= 11 is 0. The van der Waals surface area contributed by atoms with Crippen molar-refractivity contribution in [1.82, 2.24) is 20.4 Å². The second kappa shape index (κ2) is 9.62. The van der Waals surface area contributed by atoms with Crippen molar-refractivity contribution < 1.29 is 22.5 Å². The van der Waals surface area contributed by atoms with Crippen LogP contribution in [-0.2, 0) is 6.18 Å². The van der Waals surface area contributed by atoms with Gasteiger partial charge in [-0.1, -0.05) is 35.5 Å². The van der Waals surface area contributed by atoms with Gasteiger partial charge in [-0.05, 0) is 37.7 Å². The van der Waals surface area contributed by atoms with E-state index in [0.29, 0.717) is 24.7 Å². The molecule has 3 aromatic rings. The number of likely N-dealkylation sites (N-methyl/N-ethyl adjacent to an activating group) is 1. The molecule has 1 amide bonds. The lowest BCUT2D eigenvalue weighted by Crippen LogP contribution is -2.40. The van der Waals surface area contributed by atoms with Crippen molar-refractivity contribution in [3.05, 3.63) is 66.1 Å². The molecule has 0 aliphatic carbocycles. The first-order valence-electron chi connectivity index (χ1n) is 10.6. The molecule has 1 aromatic heterocycles. The highest BCUT2D eigenvalue weighted by Crippen LogP contribution is 2.29. The van der Waals surface area contributed by atoms with Crippen molar-refractivity contribution >= 4 is 11.6 Å². The quantitative estimate of drug-likeness (QED) is 0.581. The largest absolute Gasteiger partial charge is 0.471 e. The Kier molecular flexibility index (Phi) is 6.64. The molecule has 33 heavy (non-hydrogen) atoms. The summed E-state index contributed by atoms with van der Waals surface area (Å²) < 4.78 is 42.3. The molecule has 2 heterocycles. The monoisotopic (exact) mass is 459 g/mol. The molecule has 10 heteroatoms. The molecular weight excluding hydrogens is 435 g/mol. The van der Waals surface area contributed by atoms with Gasteiger partial charge < -0.3 is 14.7 Å². The molecule has 174 valence electrons. The number of carbonyl (C=O) groups excluding carboxylic acids is 1. The van der Waals surface area contributed by atoms with Crippen molar-refractivity contribution in [2.45, 2.75) is 18.6 Å². The van der Waals surface area contributed by atoms with Crippen LogP contribution in [0.2, 0.25) is 0 Å². The maximum Gasteiger partial charge on any atom is 0.471 e. The van der Waals surface area contributed by atoms with Crippen LogP contribution < -0.4 is 10.2 Å². The zero-order chi connectivity index (χ0) is 23.4. The van der Waals surface area contributed by atoms with Crippen LogP contribution >= 0.6 is 0 Å². The van der Waals surface area contributed by atoms with E-state index >= 15 is 0 Å². The summed E-state index contributed by atoms with van der Waals surface area (Å²) in [5.74, 6) is -1.96. The Hall–Kier alpha value is -3.40. The SMILES string of the molecule is CN(CCNC(=O)c1cccc(-c2noc(C(F)(F)F)n2)c1)C1CCN(c2ccccc2)C1. The number of amides is 1. The Labute approximate surface area is 189 Å². The number of para-hydroxylation sites is 1. The van der Waals surface area contributed by atoms with Crippen molar-refractivity contribution in [3.8, 4) is 11.4 Å². The van der Waals surface area contributed by atoms with Gasteiger partial charge in [0.25, 0.3) is 5.91 Å². The smallest absolute Gasteiger partial charge is 0.370 e. The van der Waals surface area contributed by atoms with Crippen molar-refractivity contribution in [2.75, 3.05) is 38.1 Å². The third kappa shape index (κ3) is 5.51. The molecule has 2 aromatic carbocycles. The molecule has 0 saturated carbocycles. The first-order valence-corrected chi connectivity index (χ1v) is 10.6. The number of aromatic nitrogens is 2. The van der Waals surface area contributed by atoms with Crippen LogP contribution in [-0.4, -0.2) is 60.2 Å². The molecule has 4 rings (SSSR count). The summed E-state index contributed by atoms with van der Waals surface area (Å²) in [7, 11) is 2.04. The number of nitrogens with zero attached hydrogens (tertiary/aromatic N) is 4. The average molecular weight is 459 g/mol. The molecule has 0 spiro atoms. The van der Waals surface area contributed by atoms with Crippen LogP contribution in [0.5, 0.6) is 0 Å². The van der Waals surface area contributed by atoms with Crippen LogP contribution in [0.3, 0.4) is 0 Å². The fraction of sp³-hybridized carbons (Fsp3) is 0.348. The predicted molar refractivity (Wildman–Crippen MR) is 117 cm³/mol. The van der Waals surface area contributed by atoms with E-state index in [1.54, 1.807) is 12.1 Å². The Bertz CT molecular complexity index is 1090. The van der Waals surface area contributed by atoms with Gasteiger partial charge in [-0.3, -0.25) is 9.69 Å². The maximum atomic E-state index is 12.7. The van der Waals surface area contributed by atoms with Gasteiger partial charge in [0.2, 0.25) is 5.82 Å². The molecule has 1 aliphatic heterocycles. The molecule has 1 unspecified atom stereocenters. The lowest BCUT2D eigenvalue weighted by molar-refractivity contribution is -0.159. The van der Waals surface area contributed by atoms with E-state index in [4.69, 9.17) is 0 Å². The van der Waals surface area contributed by atoms with Gasteiger partial charge in [-0.2, -0.15) is 18.2 Å². The molecule has 1 fully saturated rings. The van der Waals surface area contributed by atoms with E-state index in [-0.39, 0.29) is 17.3 Å². The summed E-state index contributed by atoms with van der Waals surface area (Å²) in [6, 6.07) is 16.8. The van der Waals surface area contributed by atoms with Gasteiger partial charge in [-0.15, -0.1) is 0 Å². The Morgan fingerprint density at radius 1 is 1.21 bits per heavy atom. The first-order chi connectivity index (χ1) is 15.8. The fourth-order valence-corrected chi connectivity index (χ4v) is 3.86. The van der Waals surface area contributed by atoms with E-state index in [1.165, 1.54) is 17.8 Å². The number of nitrogens with one attached hydrogen (secondary N) is 1. The molecule has 1 atom stereocenters. The minimum atomic E-state index is -4.72. The third-order valence-electron chi connectivity index (χ3n) is 5.71.